The number of amides is 1. The molecule has 122 valence electrons. The molecule has 1 rings (SSSR count). The second-order valence-corrected chi connectivity index (χ2v) is 5.71. The summed E-state index contributed by atoms with van der Waals surface area (Å²) in [4.78, 5) is 27.2. The van der Waals surface area contributed by atoms with Gasteiger partial charge in [-0.15, -0.1) is 0 Å². The standard InChI is InChI=1S/C15H22N2O5/c1-10(17-14(19)22-15(2,3)4)9-21-12-11(13(18)20-5)7-6-8-16-12/h6-8,10H,9H2,1-5H3,(H,17,19)/t10-/m1/s1. The molecule has 1 heterocycles. The van der Waals surface area contributed by atoms with Gasteiger partial charge in [-0.25, -0.2) is 14.6 Å². The van der Waals surface area contributed by atoms with Crippen LogP contribution in [0.25, 0.3) is 0 Å². The zero-order chi connectivity index (χ0) is 16.8. The monoisotopic (exact) mass is 310 g/mol. The molecule has 22 heavy (non-hydrogen) atoms. The average Bonchev–Trinajstić information content (AvgIpc) is 2.42. The van der Waals surface area contributed by atoms with E-state index >= 15 is 0 Å². The summed E-state index contributed by atoms with van der Waals surface area (Å²) in [6, 6.07) is 2.85. The van der Waals surface area contributed by atoms with Crippen LogP contribution in [-0.2, 0) is 9.47 Å². The quantitative estimate of drug-likeness (QED) is 0.839. The van der Waals surface area contributed by atoms with Gasteiger partial charge in [-0.3, -0.25) is 0 Å². The smallest absolute Gasteiger partial charge is 0.407 e. The molecule has 0 saturated carbocycles. The predicted molar refractivity (Wildman–Crippen MR) is 79.9 cm³/mol. The maximum Gasteiger partial charge on any atom is 0.407 e. The number of ether oxygens (including phenoxy) is 3. The summed E-state index contributed by atoms with van der Waals surface area (Å²) in [5.74, 6) is -0.372. The molecule has 0 saturated heterocycles. The lowest BCUT2D eigenvalue weighted by Gasteiger charge is -2.22. The Morgan fingerprint density at radius 1 is 1.36 bits per heavy atom. The van der Waals surface area contributed by atoms with Crippen LogP contribution in [0, 0.1) is 0 Å². The van der Waals surface area contributed by atoms with Gasteiger partial charge in [0.05, 0.1) is 13.2 Å². The first-order chi connectivity index (χ1) is 10.2. The van der Waals surface area contributed by atoms with Crippen LogP contribution in [0.1, 0.15) is 38.1 Å². The van der Waals surface area contributed by atoms with Crippen molar-refractivity contribution in [3.05, 3.63) is 23.9 Å². The summed E-state index contributed by atoms with van der Waals surface area (Å²) in [7, 11) is 1.28. The highest BCUT2D eigenvalue weighted by molar-refractivity contribution is 5.91. The first-order valence-corrected chi connectivity index (χ1v) is 6.88. The zero-order valence-corrected chi connectivity index (χ0v) is 13.5. The number of hydrogen-bond acceptors (Lipinski definition) is 6. The van der Waals surface area contributed by atoms with Crippen LogP contribution in [0.5, 0.6) is 5.88 Å². The number of nitrogens with zero attached hydrogens (tertiary/aromatic N) is 1. The lowest BCUT2D eigenvalue weighted by molar-refractivity contribution is 0.0488. The number of carbonyl (C=O) groups is 2. The minimum atomic E-state index is -0.566. The van der Waals surface area contributed by atoms with E-state index in [-0.39, 0.29) is 24.1 Å². The number of alkyl carbamates (subject to hydrolysis) is 1. The Morgan fingerprint density at radius 3 is 2.64 bits per heavy atom. The van der Waals surface area contributed by atoms with Gasteiger partial charge in [-0.1, -0.05) is 0 Å². The number of pyridine rings is 1. The molecule has 7 heteroatoms. The molecular formula is C15H22N2O5. The van der Waals surface area contributed by atoms with E-state index < -0.39 is 17.7 Å². The van der Waals surface area contributed by atoms with Crippen molar-refractivity contribution >= 4 is 12.1 Å². The Hall–Kier alpha value is -2.31. The molecule has 1 amide bonds. The highest BCUT2D eigenvalue weighted by Gasteiger charge is 2.19. The van der Waals surface area contributed by atoms with Crippen LogP contribution in [-0.4, -0.2) is 42.4 Å². The Morgan fingerprint density at radius 2 is 2.05 bits per heavy atom. The number of carbonyl (C=O) groups excluding carboxylic acids is 2. The summed E-state index contributed by atoms with van der Waals surface area (Å²) < 4.78 is 15.3. The van der Waals surface area contributed by atoms with E-state index in [0.717, 1.165) is 0 Å². The van der Waals surface area contributed by atoms with E-state index in [1.807, 2.05) is 0 Å². The summed E-state index contributed by atoms with van der Waals surface area (Å²) in [6.45, 7) is 7.24. The molecule has 1 aromatic rings. The number of esters is 1. The van der Waals surface area contributed by atoms with Gasteiger partial charge in [0.2, 0.25) is 5.88 Å². The van der Waals surface area contributed by atoms with Crippen molar-refractivity contribution < 1.29 is 23.8 Å². The van der Waals surface area contributed by atoms with Gasteiger partial charge in [-0.05, 0) is 39.8 Å². The summed E-state index contributed by atoms with van der Waals surface area (Å²) in [6.07, 6.45) is 0.978. The zero-order valence-electron chi connectivity index (χ0n) is 13.5. The molecule has 1 atom stereocenters. The fourth-order valence-corrected chi connectivity index (χ4v) is 1.53. The fraction of sp³-hybridized carbons (Fsp3) is 0.533. The normalized spacial score (nSPS) is 12.2. The average molecular weight is 310 g/mol. The van der Waals surface area contributed by atoms with Crippen molar-refractivity contribution in [3.63, 3.8) is 0 Å². The van der Waals surface area contributed by atoms with Gasteiger partial charge < -0.3 is 19.5 Å². The van der Waals surface area contributed by atoms with Gasteiger partial charge >= 0.3 is 12.1 Å². The molecule has 0 fully saturated rings. The maximum atomic E-state index is 11.6. The van der Waals surface area contributed by atoms with Crippen molar-refractivity contribution in [2.75, 3.05) is 13.7 Å². The Kier molecular flexibility index (Phi) is 6.15. The van der Waals surface area contributed by atoms with E-state index in [4.69, 9.17) is 9.47 Å². The second-order valence-electron chi connectivity index (χ2n) is 5.71. The molecule has 1 N–H and O–H groups in total. The van der Waals surface area contributed by atoms with E-state index in [1.54, 1.807) is 39.8 Å². The number of hydrogen-bond donors (Lipinski definition) is 1. The van der Waals surface area contributed by atoms with Gasteiger partial charge in [-0.2, -0.15) is 0 Å². The molecule has 0 aliphatic heterocycles. The Labute approximate surface area is 130 Å². The summed E-state index contributed by atoms with van der Waals surface area (Å²) in [5.41, 5.74) is -0.335. The molecule has 7 nitrogen and oxygen atoms in total. The Balaban J connectivity index is 2.56. The van der Waals surface area contributed by atoms with Gasteiger partial charge in [0.15, 0.2) is 0 Å². The molecule has 1 aromatic heterocycles. The molecule has 0 unspecified atom stereocenters. The van der Waals surface area contributed by atoms with Crippen molar-refractivity contribution in [1.29, 1.82) is 0 Å². The van der Waals surface area contributed by atoms with Crippen molar-refractivity contribution in [3.8, 4) is 5.88 Å². The highest BCUT2D eigenvalue weighted by atomic mass is 16.6. The maximum absolute atomic E-state index is 11.6. The summed E-state index contributed by atoms with van der Waals surface area (Å²) >= 11 is 0. The topological polar surface area (TPSA) is 86.8 Å². The second kappa shape index (κ2) is 7.63. The first-order valence-electron chi connectivity index (χ1n) is 6.88. The third-order valence-corrected chi connectivity index (χ3v) is 2.41. The van der Waals surface area contributed by atoms with Gasteiger partial charge in [0.1, 0.15) is 17.8 Å². The molecule has 0 aromatic carbocycles. The van der Waals surface area contributed by atoms with Crippen LogP contribution in [0.3, 0.4) is 0 Å². The Bertz CT molecular complexity index is 525. The lowest BCUT2D eigenvalue weighted by Crippen LogP contribution is -2.40. The SMILES string of the molecule is COC(=O)c1cccnc1OC[C@@H](C)NC(=O)OC(C)(C)C. The first kappa shape index (κ1) is 17.7. The highest BCUT2D eigenvalue weighted by Crippen LogP contribution is 2.15. The lowest BCUT2D eigenvalue weighted by atomic mass is 10.2. The van der Waals surface area contributed by atoms with Crippen LogP contribution >= 0.6 is 0 Å². The molecule has 0 spiro atoms. The number of aromatic nitrogens is 1. The van der Waals surface area contributed by atoms with E-state index in [1.165, 1.54) is 13.3 Å². The third-order valence-electron chi connectivity index (χ3n) is 2.41. The number of nitrogens with one attached hydrogen (secondary N) is 1. The molecule has 0 aliphatic carbocycles. The van der Waals surface area contributed by atoms with Crippen molar-refractivity contribution in [1.82, 2.24) is 10.3 Å². The largest absolute Gasteiger partial charge is 0.475 e. The van der Waals surface area contributed by atoms with Crippen LogP contribution in [0.4, 0.5) is 4.79 Å². The summed E-state index contributed by atoms with van der Waals surface area (Å²) in [5, 5.41) is 2.64. The predicted octanol–water partition coefficient (Wildman–Crippen LogP) is 2.16. The van der Waals surface area contributed by atoms with Crippen LogP contribution in [0.15, 0.2) is 18.3 Å². The minimum absolute atomic E-state index is 0.139. The van der Waals surface area contributed by atoms with E-state index in [0.29, 0.717) is 0 Å². The molecular weight excluding hydrogens is 288 g/mol. The molecule has 0 aliphatic rings. The van der Waals surface area contributed by atoms with Crippen LogP contribution < -0.4 is 10.1 Å². The number of rotatable bonds is 5. The van der Waals surface area contributed by atoms with E-state index in [9.17, 15) is 9.59 Å². The van der Waals surface area contributed by atoms with Crippen molar-refractivity contribution in [2.24, 2.45) is 0 Å². The van der Waals surface area contributed by atoms with Gasteiger partial charge in [0.25, 0.3) is 0 Å². The number of methoxy groups -OCH3 is 1. The van der Waals surface area contributed by atoms with Gasteiger partial charge in [0, 0.05) is 6.20 Å². The fourth-order valence-electron chi connectivity index (χ4n) is 1.53. The van der Waals surface area contributed by atoms with Crippen molar-refractivity contribution in [2.45, 2.75) is 39.3 Å². The minimum Gasteiger partial charge on any atom is -0.475 e. The molecule has 0 radical (unpaired) electrons. The van der Waals surface area contributed by atoms with E-state index in [2.05, 4.69) is 15.0 Å². The third kappa shape index (κ3) is 5.99. The molecule has 0 bridgehead atoms. The van der Waals surface area contributed by atoms with Crippen LogP contribution in [0.2, 0.25) is 0 Å².